The first-order valence-electron chi connectivity index (χ1n) is 9.94. The smallest absolute Gasteiger partial charge is 0.325 e. The summed E-state index contributed by atoms with van der Waals surface area (Å²) in [6.45, 7) is 4.49. The molecule has 0 aliphatic rings. The Bertz CT molecular complexity index is 651. The summed E-state index contributed by atoms with van der Waals surface area (Å²) in [5.41, 5.74) is 16.3. The highest BCUT2D eigenvalue weighted by atomic mass is 16.4. The third kappa shape index (κ3) is 11.7. The number of nitrogens with zero attached hydrogens (tertiary/aromatic N) is 1. The van der Waals surface area contributed by atoms with Gasteiger partial charge in [-0.15, -0.1) is 0 Å². The van der Waals surface area contributed by atoms with E-state index in [9.17, 15) is 24.3 Å². The Hall–Kier alpha value is -2.93. The first-order chi connectivity index (χ1) is 14.4. The molecule has 0 saturated heterocycles. The van der Waals surface area contributed by atoms with E-state index in [0.717, 1.165) is 0 Å². The third-order valence-electron chi connectivity index (χ3n) is 4.19. The molecule has 13 heteroatoms. The molecule has 0 fully saturated rings. The van der Waals surface area contributed by atoms with Crippen molar-refractivity contribution in [3.8, 4) is 0 Å². The van der Waals surface area contributed by atoms with Crippen molar-refractivity contribution >= 4 is 29.7 Å². The Balaban J connectivity index is 5.18. The highest BCUT2D eigenvalue weighted by Gasteiger charge is 2.29. The number of amides is 3. The molecule has 0 spiro atoms. The zero-order chi connectivity index (χ0) is 24.1. The Kier molecular flexibility index (Phi) is 12.8. The number of hydrogen-bond donors (Lipinski definition) is 8. The highest BCUT2D eigenvalue weighted by molar-refractivity contribution is 5.94. The van der Waals surface area contributed by atoms with Crippen molar-refractivity contribution in [3.05, 3.63) is 0 Å². The number of aliphatic hydroxyl groups is 1. The van der Waals surface area contributed by atoms with E-state index in [0.29, 0.717) is 12.8 Å². The van der Waals surface area contributed by atoms with E-state index in [-0.39, 0.29) is 24.8 Å². The molecule has 4 atom stereocenters. The van der Waals surface area contributed by atoms with Crippen LogP contribution in [0.4, 0.5) is 0 Å². The maximum absolute atomic E-state index is 12.5. The number of carbonyl (C=O) groups is 4. The number of aliphatic carboxylic acids is 1. The number of aliphatic imine (C=N–C) groups is 1. The van der Waals surface area contributed by atoms with Gasteiger partial charge < -0.3 is 43.4 Å². The quantitative estimate of drug-likeness (QED) is 0.0769. The first-order valence-corrected chi connectivity index (χ1v) is 9.94. The second-order valence-corrected chi connectivity index (χ2v) is 7.56. The minimum absolute atomic E-state index is 0.0830. The topological polar surface area (TPSA) is 235 Å². The molecule has 0 aliphatic heterocycles. The van der Waals surface area contributed by atoms with E-state index in [1.165, 1.54) is 6.92 Å². The fourth-order valence-corrected chi connectivity index (χ4v) is 2.51. The van der Waals surface area contributed by atoms with Gasteiger partial charge in [-0.3, -0.25) is 24.2 Å². The van der Waals surface area contributed by atoms with Gasteiger partial charge in [0, 0.05) is 6.54 Å². The molecule has 0 aromatic carbocycles. The Morgan fingerprint density at radius 2 is 1.48 bits per heavy atom. The lowest BCUT2D eigenvalue weighted by Gasteiger charge is -2.24. The van der Waals surface area contributed by atoms with E-state index in [1.807, 2.05) is 13.8 Å². The highest BCUT2D eigenvalue weighted by Crippen LogP contribution is 2.04. The zero-order valence-electron chi connectivity index (χ0n) is 18.1. The fraction of sp³-hybridized carbons (Fsp3) is 0.722. The Labute approximate surface area is 181 Å². The van der Waals surface area contributed by atoms with Gasteiger partial charge in [-0.05, 0) is 32.1 Å². The summed E-state index contributed by atoms with van der Waals surface area (Å²) >= 11 is 0. The number of carbonyl (C=O) groups excluding carboxylic acids is 3. The van der Waals surface area contributed by atoms with E-state index in [1.54, 1.807) is 0 Å². The molecule has 178 valence electrons. The zero-order valence-corrected chi connectivity index (χ0v) is 18.1. The van der Waals surface area contributed by atoms with Gasteiger partial charge in [0.05, 0.1) is 12.6 Å². The Morgan fingerprint density at radius 1 is 0.935 bits per heavy atom. The van der Waals surface area contributed by atoms with Crippen molar-refractivity contribution in [1.82, 2.24) is 16.0 Å². The van der Waals surface area contributed by atoms with Gasteiger partial charge in [0.1, 0.15) is 18.1 Å². The van der Waals surface area contributed by atoms with Crippen LogP contribution in [0.1, 0.15) is 40.0 Å². The molecule has 0 radical (unpaired) electrons. The fourth-order valence-electron chi connectivity index (χ4n) is 2.51. The van der Waals surface area contributed by atoms with Gasteiger partial charge >= 0.3 is 5.97 Å². The molecule has 0 aromatic rings. The van der Waals surface area contributed by atoms with Crippen LogP contribution in [0.15, 0.2) is 4.99 Å². The minimum Gasteiger partial charge on any atom is -0.480 e. The lowest BCUT2D eigenvalue weighted by molar-refractivity contribution is -0.141. The van der Waals surface area contributed by atoms with Crippen molar-refractivity contribution in [1.29, 1.82) is 0 Å². The molecule has 0 aromatic heterocycles. The van der Waals surface area contributed by atoms with Crippen LogP contribution < -0.4 is 33.2 Å². The van der Waals surface area contributed by atoms with Crippen molar-refractivity contribution in [2.24, 2.45) is 28.1 Å². The van der Waals surface area contributed by atoms with Gasteiger partial charge in [-0.25, -0.2) is 0 Å². The average Bonchev–Trinajstić information content (AvgIpc) is 2.66. The van der Waals surface area contributed by atoms with Crippen LogP contribution in [-0.2, 0) is 19.2 Å². The molecule has 0 heterocycles. The van der Waals surface area contributed by atoms with Crippen molar-refractivity contribution in [3.63, 3.8) is 0 Å². The minimum atomic E-state index is -1.34. The molecule has 0 aliphatic carbocycles. The number of carboxylic acid groups (broad SMARTS) is 1. The van der Waals surface area contributed by atoms with E-state index >= 15 is 0 Å². The summed E-state index contributed by atoms with van der Waals surface area (Å²) in [5, 5.41) is 25.5. The summed E-state index contributed by atoms with van der Waals surface area (Å²) in [6, 6.07) is -4.53. The molecule has 0 bridgehead atoms. The van der Waals surface area contributed by atoms with Crippen LogP contribution >= 0.6 is 0 Å². The van der Waals surface area contributed by atoms with Crippen LogP contribution in [0.25, 0.3) is 0 Å². The van der Waals surface area contributed by atoms with Crippen LogP contribution in [0.2, 0.25) is 0 Å². The van der Waals surface area contributed by atoms with Crippen LogP contribution in [0.5, 0.6) is 0 Å². The largest absolute Gasteiger partial charge is 0.480 e. The number of nitrogens with one attached hydrogen (secondary N) is 3. The average molecular weight is 446 g/mol. The molecule has 0 saturated carbocycles. The maximum atomic E-state index is 12.5. The molecule has 3 amide bonds. The summed E-state index contributed by atoms with van der Waals surface area (Å²) in [5.74, 6) is -3.42. The number of nitrogens with two attached hydrogens (primary N) is 3. The van der Waals surface area contributed by atoms with Crippen LogP contribution in [0, 0.1) is 5.92 Å². The monoisotopic (exact) mass is 445 g/mol. The SMILES string of the molecule is CC(C)CC(N)C(=O)NC(CO)C(=O)NC(CCCN=C(N)N)C(=O)NC(C)C(=O)O. The lowest BCUT2D eigenvalue weighted by Crippen LogP contribution is -2.57. The van der Waals surface area contributed by atoms with Crippen LogP contribution in [0.3, 0.4) is 0 Å². The van der Waals surface area contributed by atoms with Crippen molar-refractivity contribution in [2.75, 3.05) is 13.2 Å². The van der Waals surface area contributed by atoms with E-state index in [2.05, 4.69) is 20.9 Å². The number of rotatable bonds is 14. The molecule has 4 unspecified atom stereocenters. The summed E-state index contributed by atoms with van der Waals surface area (Å²) in [6.07, 6.45) is 0.765. The van der Waals surface area contributed by atoms with Gasteiger partial charge in [0.2, 0.25) is 17.7 Å². The molecular weight excluding hydrogens is 410 g/mol. The molecule has 31 heavy (non-hydrogen) atoms. The van der Waals surface area contributed by atoms with Gasteiger partial charge in [0.25, 0.3) is 0 Å². The third-order valence-corrected chi connectivity index (χ3v) is 4.19. The molecular formula is C18H35N7O6. The Morgan fingerprint density at radius 3 is 1.97 bits per heavy atom. The van der Waals surface area contributed by atoms with E-state index in [4.69, 9.17) is 22.3 Å². The van der Waals surface area contributed by atoms with E-state index < -0.39 is 54.5 Å². The maximum Gasteiger partial charge on any atom is 0.325 e. The van der Waals surface area contributed by atoms with Gasteiger partial charge in [0.15, 0.2) is 5.96 Å². The molecule has 0 rings (SSSR count). The van der Waals surface area contributed by atoms with Gasteiger partial charge in [-0.2, -0.15) is 0 Å². The lowest BCUT2D eigenvalue weighted by atomic mass is 10.0. The predicted octanol–water partition coefficient (Wildman–Crippen LogP) is -3.04. The second kappa shape index (κ2) is 14.1. The van der Waals surface area contributed by atoms with Crippen LogP contribution in [-0.4, -0.2) is 77.2 Å². The number of carboxylic acids is 1. The summed E-state index contributed by atoms with van der Waals surface area (Å²) in [7, 11) is 0. The summed E-state index contributed by atoms with van der Waals surface area (Å²) < 4.78 is 0. The first kappa shape index (κ1) is 28.1. The normalized spacial score (nSPS) is 14.6. The van der Waals surface area contributed by atoms with Crippen molar-refractivity contribution < 1.29 is 29.4 Å². The standard InChI is InChI=1S/C18H35N7O6/c1-9(2)7-11(19)14(27)25-13(8-26)16(29)24-12(5-4-6-22-18(20)21)15(28)23-10(3)17(30)31/h9-13,26H,4-8,19H2,1-3H3,(H,23,28)(H,24,29)(H,25,27)(H,30,31)(H4,20,21,22). The second-order valence-electron chi connectivity index (χ2n) is 7.56. The molecule has 11 N–H and O–H groups in total. The number of guanidine groups is 1. The molecule has 13 nitrogen and oxygen atoms in total. The van der Waals surface area contributed by atoms with Gasteiger partial charge in [-0.1, -0.05) is 13.8 Å². The van der Waals surface area contributed by atoms with Crippen molar-refractivity contribution in [2.45, 2.75) is 64.2 Å². The predicted molar refractivity (Wildman–Crippen MR) is 114 cm³/mol. The summed E-state index contributed by atoms with van der Waals surface area (Å²) in [4.78, 5) is 51.9. The number of aliphatic hydroxyl groups excluding tert-OH is 1. The number of hydrogen-bond acceptors (Lipinski definition) is 7.